The van der Waals surface area contributed by atoms with Gasteiger partial charge < -0.3 is 25.4 Å². The number of alkyl carbamates (subject to hydrolysis) is 1. The molecule has 0 bridgehead atoms. The first-order valence-corrected chi connectivity index (χ1v) is 12.4. The Morgan fingerprint density at radius 3 is 2.20 bits per heavy atom. The van der Waals surface area contributed by atoms with Crippen LogP contribution in [0.1, 0.15) is 93.2 Å². The number of benzene rings is 1. The molecule has 0 heterocycles. The first-order chi connectivity index (χ1) is 16.0. The predicted octanol–water partition coefficient (Wildman–Crippen LogP) is 4.92. The Hall–Kier alpha value is -2.77. The number of phenols is 1. The number of carbonyl (C=O) groups excluding carboxylic acids is 3. The van der Waals surface area contributed by atoms with Gasteiger partial charge in [-0.15, -0.1) is 0 Å². The normalized spacial score (nSPS) is 13.7. The number of ether oxygens (including phenoxy) is 1. The van der Waals surface area contributed by atoms with Crippen LogP contribution in [0.4, 0.5) is 4.79 Å². The Morgan fingerprint density at radius 2 is 1.71 bits per heavy atom. The van der Waals surface area contributed by atoms with E-state index in [4.69, 9.17) is 4.74 Å². The lowest BCUT2D eigenvalue weighted by atomic mass is 9.98. The highest BCUT2D eigenvalue weighted by Gasteiger charge is 2.37. The van der Waals surface area contributed by atoms with E-state index in [0.717, 1.165) is 6.42 Å². The zero-order chi connectivity index (χ0) is 27.0. The van der Waals surface area contributed by atoms with E-state index in [2.05, 4.69) is 10.6 Å². The molecule has 3 amide bonds. The fraction of sp³-hybridized carbons (Fsp3) is 0.667. The number of rotatable bonds is 10. The van der Waals surface area contributed by atoms with Gasteiger partial charge >= 0.3 is 6.09 Å². The molecule has 3 N–H and O–H groups in total. The molecular formula is C27H45N3O5. The summed E-state index contributed by atoms with van der Waals surface area (Å²) in [4.78, 5) is 41.6. The van der Waals surface area contributed by atoms with Crippen LogP contribution in [-0.2, 0) is 14.3 Å². The van der Waals surface area contributed by atoms with Crippen molar-refractivity contribution in [3.8, 4) is 5.75 Å². The molecule has 0 saturated carbocycles. The minimum atomic E-state index is -0.976. The average molecular weight is 492 g/mol. The van der Waals surface area contributed by atoms with Crippen molar-refractivity contribution >= 4 is 17.9 Å². The fourth-order valence-corrected chi connectivity index (χ4v) is 3.64. The van der Waals surface area contributed by atoms with Gasteiger partial charge in [0.2, 0.25) is 11.8 Å². The summed E-state index contributed by atoms with van der Waals surface area (Å²) in [6.07, 6.45) is 1.19. The van der Waals surface area contributed by atoms with Crippen molar-refractivity contribution in [1.29, 1.82) is 0 Å². The minimum absolute atomic E-state index is 0.00422. The summed E-state index contributed by atoms with van der Waals surface area (Å²) in [7, 11) is 0. The number of unbranched alkanes of at least 4 members (excludes halogenated alkanes) is 1. The lowest BCUT2D eigenvalue weighted by Gasteiger charge is -2.36. The average Bonchev–Trinajstić information content (AvgIpc) is 2.66. The van der Waals surface area contributed by atoms with Crippen LogP contribution >= 0.6 is 0 Å². The number of nitrogens with zero attached hydrogens (tertiary/aromatic N) is 1. The van der Waals surface area contributed by atoms with Gasteiger partial charge in [0, 0.05) is 12.1 Å². The van der Waals surface area contributed by atoms with E-state index < -0.39 is 29.3 Å². The fourth-order valence-electron chi connectivity index (χ4n) is 3.64. The lowest BCUT2D eigenvalue weighted by Crippen LogP contribution is -2.55. The van der Waals surface area contributed by atoms with E-state index in [0.29, 0.717) is 24.9 Å². The van der Waals surface area contributed by atoms with Crippen LogP contribution < -0.4 is 10.6 Å². The van der Waals surface area contributed by atoms with Gasteiger partial charge in [0.1, 0.15) is 23.4 Å². The standard InChI is InChI=1S/C27H45N3O5/c1-10-11-15-30(24(33)21(16-18(2)3)28-25(34)35-27(7,8)9)22(23(32)29-26(4,5)6)19-13-12-14-20(31)17-19/h12-14,17-18,21-22,31H,10-11,15-16H2,1-9H3,(H,28,34)(H,29,32). The maximum absolute atomic E-state index is 14.0. The largest absolute Gasteiger partial charge is 0.508 e. The van der Waals surface area contributed by atoms with E-state index in [1.54, 1.807) is 32.9 Å². The highest BCUT2D eigenvalue weighted by atomic mass is 16.6. The van der Waals surface area contributed by atoms with E-state index >= 15 is 0 Å². The van der Waals surface area contributed by atoms with Crippen molar-refractivity contribution in [2.24, 2.45) is 5.92 Å². The molecule has 0 aliphatic carbocycles. The highest BCUT2D eigenvalue weighted by molar-refractivity contribution is 5.92. The zero-order valence-corrected chi connectivity index (χ0v) is 22.9. The molecule has 1 aromatic rings. The maximum atomic E-state index is 14.0. The first kappa shape index (κ1) is 30.3. The molecule has 35 heavy (non-hydrogen) atoms. The van der Waals surface area contributed by atoms with Crippen LogP contribution in [-0.4, -0.2) is 51.6 Å². The van der Waals surface area contributed by atoms with Crippen molar-refractivity contribution in [3.63, 3.8) is 0 Å². The number of carbonyl (C=O) groups is 3. The van der Waals surface area contributed by atoms with Crippen molar-refractivity contribution in [3.05, 3.63) is 29.8 Å². The molecule has 0 aromatic heterocycles. The summed E-state index contributed by atoms with van der Waals surface area (Å²) in [5.74, 6) is -0.609. The second-order valence-corrected chi connectivity index (χ2v) is 11.5. The topological polar surface area (TPSA) is 108 Å². The minimum Gasteiger partial charge on any atom is -0.508 e. The van der Waals surface area contributed by atoms with Crippen LogP contribution in [0.5, 0.6) is 5.75 Å². The Morgan fingerprint density at radius 1 is 1.09 bits per heavy atom. The summed E-state index contributed by atoms with van der Waals surface area (Å²) >= 11 is 0. The lowest BCUT2D eigenvalue weighted by molar-refractivity contribution is -0.143. The van der Waals surface area contributed by atoms with Gasteiger partial charge in [-0.3, -0.25) is 9.59 Å². The SMILES string of the molecule is CCCCN(C(=O)C(CC(C)C)NC(=O)OC(C)(C)C)C(C(=O)NC(C)(C)C)c1cccc(O)c1. The molecule has 2 atom stereocenters. The molecule has 0 radical (unpaired) electrons. The zero-order valence-electron chi connectivity index (χ0n) is 22.9. The third-order valence-corrected chi connectivity index (χ3v) is 4.98. The molecule has 1 aromatic carbocycles. The van der Waals surface area contributed by atoms with Gasteiger partial charge in [-0.2, -0.15) is 0 Å². The van der Waals surface area contributed by atoms with Crippen molar-refractivity contribution in [1.82, 2.24) is 15.5 Å². The molecule has 1 rings (SSSR count). The summed E-state index contributed by atoms with van der Waals surface area (Å²) in [6, 6.07) is 4.54. The molecule has 0 aliphatic rings. The maximum Gasteiger partial charge on any atom is 0.408 e. The number of amides is 3. The predicted molar refractivity (Wildman–Crippen MR) is 138 cm³/mol. The van der Waals surface area contributed by atoms with Crippen molar-refractivity contribution in [2.75, 3.05) is 6.54 Å². The summed E-state index contributed by atoms with van der Waals surface area (Å²) in [6.45, 7) is 17.1. The molecule has 0 spiro atoms. The number of nitrogens with one attached hydrogen (secondary N) is 2. The summed E-state index contributed by atoms with van der Waals surface area (Å²) < 4.78 is 5.40. The third-order valence-electron chi connectivity index (χ3n) is 4.98. The molecule has 8 heteroatoms. The molecule has 198 valence electrons. The van der Waals surface area contributed by atoms with Crippen molar-refractivity contribution in [2.45, 2.75) is 105 Å². The van der Waals surface area contributed by atoms with Gasteiger partial charge in [-0.25, -0.2) is 4.79 Å². The molecule has 8 nitrogen and oxygen atoms in total. The van der Waals surface area contributed by atoms with Crippen LogP contribution in [0, 0.1) is 5.92 Å². The van der Waals surface area contributed by atoms with Crippen LogP contribution in [0.3, 0.4) is 0 Å². The second-order valence-electron chi connectivity index (χ2n) is 11.5. The van der Waals surface area contributed by atoms with E-state index in [-0.39, 0.29) is 23.5 Å². The molecule has 0 aliphatic heterocycles. The van der Waals surface area contributed by atoms with E-state index in [9.17, 15) is 19.5 Å². The monoisotopic (exact) mass is 491 g/mol. The highest BCUT2D eigenvalue weighted by Crippen LogP contribution is 2.27. The Labute approximate surface area is 210 Å². The van der Waals surface area contributed by atoms with Crippen molar-refractivity contribution < 1.29 is 24.2 Å². The smallest absolute Gasteiger partial charge is 0.408 e. The van der Waals surface area contributed by atoms with Crippen LogP contribution in [0.15, 0.2) is 24.3 Å². The van der Waals surface area contributed by atoms with Gasteiger partial charge in [0.15, 0.2) is 0 Å². The Bertz CT molecular complexity index is 855. The molecule has 2 unspecified atom stereocenters. The summed E-state index contributed by atoms with van der Waals surface area (Å²) in [5.41, 5.74) is -0.747. The van der Waals surface area contributed by atoms with Gasteiger partial charge in [-0.05, 0) is 78.0 Å². The first-order valence-electron chi connectivity index (χ1n) is 12.4. The summed E-state index contributed by atoms with van der Waals surface area (Å²) in [5, 5.41) is 15.8. The van der Waals surface area contributed by atoms with Crippen LogP contribution in [0.25, 0.3) is 0 Å². The van der Waals surface area contributed by atoms with E-state index in [1.165, 1.54) is 17.0 Å². The molecule has 0 saturated heterocycles. The number of hydrogen-bond donors (Lipinski definition) is 3. The van der Waals surface area contributed by atoms with Gasteiger partial charge in [0.25, 0.3) is 0 Å². The number of hydrogen-bond acceptors (Lipinski definition) is 5. The van der Waals surface area contributed by atoms with Crippen LogP contribution in [0.2, 0.25) is 0 Å². The third kappa shape index (κ3) is 11.0. The van der Waals surface area contributed by atoms with E-state index in [1.807, 2.05) is 41.5 Å². The Balaban J connectivity index is 3.49. The molecule has 0 fully saturated rings. The van der Waals surface area contributed by atoms with Gasteiger partial charge in [-0.1, -0.05) is 39.3 Å². The second kappa shape index (κ2) is 12.8. The Kier molecular flexibility index (Phi) is 11.1. The number of aromatic hydroxyl groups is 1. The number of phenolic OH excluding ortho intramolecular Hbond substituents is 1. The quantitative estimate of drug-likeness (QED) is 0.431. The molecular weight excluding hydrogens is 446 g/mol. The van der Waals surface area contributed by atoms with Gasteiger partial charge in [0.05, 0.1) is 0 Å².